The molecule has 1 N–H and O–H groups in total. The molecule has 1 aromatic rings. The van der Waals surface area contributed by atoms with Gasteiger partial charge in [0.25, 0.3) is 6.08 Å². The molecular weight excluding hydrogens is 229 g/mol. The zero-order chi connectivity index (χ0) is 12.3. The van der Waals surface area contributed by atoms with Crippen molar-refractivity contribution in [1.82, 2.24) is 0 Å². The Balaban J connectivity index is 2.26. The molecule has 5 heteroatoms. The number of benzene rings is 1. The number of fused-ring (bicyclic) bond motifs is 1. The highest BCUT2D eigenvalue weighted by atomic mass is 19.3. The fourth-order valence-corrected chi connectivity index (χ4v) is 1.43. The Morgan fingerprint density at radius 1 is 1.24 bits per heavy atom. The summed E-state index contributed by atoms with van der Waals surface area (Å²) in [6.45, 7) is 0. The van der Waals surface area contributed by atoms with Gasteiger partial charge in [0.1, 0.15) is 0 Å². The number of anilines is 1. The lowest BCUT2D eigenvalue weighted by Crippen LogP contribution is -2.11. The monoisotopic (exact) mass is 238 g/mol. The second kappa shape index (κ2) is 4.86. The molecule has 1 heterocycles. The van der Waals surface area contributed by atoms with E-state index in [1.165, 1.54) is 6.08 Å². The molecule has 2 rings (SSSR count). The van der Waals surface area contributed by atoms with Crippen molar-refractivity contribution >= 4 is 17.5 Å². The van der Waals surface area contributed by atoms with Gasteiger partial charge in [-0.05, 0) is 17.7 Å². The number of para-hydroxylation sites is 1. The molecule has 0 saturated heterocycles. The third-order valence-corrected chi connectivity index (χ3v) is 2.25. The van der Waals surface area contributed by atoms with Crippen molar-refractivity contribution in [2.75, 3.05) is 5.43 Å². The van der Waals surface area contributed by atoms with Crippen LogP contribution in [0.2, 0.25) is 0 Å². The lowest BCUT2D eigenvalue weighted by atomic mass is 10.1. The highest BCUT2D eigenvalue weighted by molar-refractivity contribution is 6.04. The number of halogens is 3. The van der Waals surface area contributed by atoms with E-state index in [2.05, 4.69) is 10.5 Å². The van der Waals surface area contributed by atoms with Crippen molar-refractivity contribution in [2.45, 2.75) is 6.17 Å². The Morgan fingerprint density at radius 2 is 2.00 bits per heavy atom. The molecule has 1 aromatic carbocycles. The van der Waals surface area contributed by atoms with E-state index in [0.29, 0.717) is 5.69 Å². The van der Waals surface area contributed by atoms with E-state index in [-0.39, 0.29) is 11.8 Å². The molecule has 1 aliphatic rings. The zero-order valence-corrected chi connectivity index (χ0v) is 8.70. The van der Waals surface area contributed by atoms with Gasteiger partial charge >= 0.3 is 0 Å². The number of nitrogens with one attached hydrogen (secondary N) is 1. The maximum absolute atomic E-state index is 13.4. The van der Waals surface area contributed by atoms with Crippen LogP contribution in [0.15, 0.2) is 47.6 Å². The summed E-state index contributed by atoms with van der Waals surface area (Å²) in [5.74, 6) is 0. The molecule has 0 amide bonds. The first-order chi connectivity index (χ1) is 8.16. The Morgan fingerprint density at radius 3 is 2.76 bits per heavy atom. The third-order valence-electron chi connectivity index (χ3n) is 2.25. The van der Waals surface area contributed by atoms with Crippen molar-refractivity contribution in [3.05, 3.63) is 48.1 Å². The van der Waals surface area contributed by atoms with Gasteiger partial charge in [-0.1, -0.05) is 24.3 Å². The summed E-state index contributed by atoms with van der Waals surface area (Å²) in [5, 5.41) is 3.74. The van der Waals surface area contributed by atoms with Gasteiger partial charge in [-0.3, -0.25) is 5.43 Å². The van der Waals surface area contributed by atoms with E-state index in [1.807, 2.05) is 12.1 Å². The summed E-state index contributed by atoms with van der Waals surface area (Å²) < 4.78 is 37.2. The quantitative estimate of drug-likeness (QED) is 0.836. The van der Waals surface area contributed by atoms with E-state index < -0.39 is 12.3 Å². The Hall–Kier alpha value is -2.04. The summed E-state index contributed by atoms with van der Waals surface area (Å²) in [4.78, 5) is 0. The minimum atomic E-state index is -2.06. The maximum Gasteiger partial charge on any atom is 0.269 e. The number of nitrogens with zero attached hydrogens (tertiary/aromatic N) is 1. The molecule has 0 aromatic heterocycles. The fraction of sp³-hybridized carbons (Fsp3) is 0.0833. The fourth-order valence-electron chi connectivity index (χ4n) is 1.43. The highest BCUT2D eigenvalue weighted by Gasteiger charge is 2.13. The summed E-state index contributed by atoms with van der Waals surface area (Å²) in [5.41, 5.74) is 4.08. The van der Waals surface area contributed by atoms with Crippen LogP contribution in [0, 0.1) is 0 Å². The molecule has 0 aliphatic carbocycles. The van der Waals surface area contributed by atoms with Gasteiger partial charge in [-0.25, -0.2) is 4.39 Å². The summed E-state index contributed by atoms with van der Waals surface area (Å²) in [6.07, 6.45) is -0.748. The van der Waals surface area contributed by atoms with Crippen molar-refractivity contribution in [3.8, 4) is 0 Å². The minimum absolute atomic E-state index is 0.0889. The zero-order valence-electron chi connectivity index (χ0n) is 8.70. The molecule has 1 atom stereocenters. The number of rotatable bonds is 2. The van der Waals surface area contributed by atoms with Gasteiger partial charge in [-0.15, -0.1) is 0 Å². The topological polar surface area (TPSA) is 24.4 Å². The molecule has 0 spiro atoms. The van der Waals surface area contributed by atoms with Crippen molar-refractivity contribution < 1.29 is 13.2 Å². The van der Waals surface area contributed by atoms with E-state index in [4.69, 9.17) is 0 Å². The summed E-state index contributed by atoms with van der Waals surface area (Å²) in [7, 11) is 0. The van der Waals surface area contributed by atoms with Crippen molar-refractivity contribution in [1.29, 1.82) is 0 Å². The highest BCUT2D eigenvalue weighted by Crippen LogP contribution is 2.20. The number of hydrazone groups is 1. The van der Waals surface area contributed by atoms with Crippen LogP contribution in [0.25, 0.3) is 6.08 Å². The second-order valence-corrected chi connectivity index (χ2v) is 3.43. The van der Waals surface area contributed by atoms with Gasteiger partial charge < -0.3 is 0 Å². The first-order valence-corrected chi connectivity index (χ1v) is 4.94. The van der Waals surface area contributed by atoms with E-state index in [0.717, 1.165) is 5.56 Å². The predicted octanol–water partition coefficient (Wildman–Crippen LogP) is 3.60. The van der Waals surface area contributed by atoms with E-state index >= 15 is 0 Å². The smallest absolute Gasteiger partial charge is 0.269 e. The van der Waals surface area contributed by atoms with Crippen LogP contribution in [0.4, 0.5) is 18.9 Å². The van der Waals surface area contributed by atoms with Gasteiger partial charge in [-0.2, -0.15) is 13.9 Å². The molecule has 0 fully saturated rings. The van der Waals surface area contributed by atoms with Gasteiger partial charge in [0, 0.05) is 6.08 Å². The van der Waals surface area contributed by atoms with E-state index in [9.17, 15) is 13.2 Å². The molecule has 1 aliphatic heterocycles. The van der Waals surface area contributed by atoms with Crippen LogP contribution < -0.4 is 5.43 Å². The molecule has 0 bridgehead atoms. The van der Waals surface area contributed by atoms with Crippen LogP contribution in [0.5, 0.6) is 0 Å². The van der Waals surface area contributed by atoms with Gasteiger partial charge in [0.2, 0.25) is 0 Å². The standard InChI is InChI=1S/C12H9F3N2/c13-9(7-12(14)15)11-6-5-8-3-1-2-4-10(8)16-17-11/h1-7,9,16H. The minimum Gasteiger partial charge on any atom is -0.278 e. The average molecular weight is 238 g/mol. The summed E-state index contributed by atoms with van der Waals surface area (Å²) >= 11 is 0. The Bertz CT molecular complexity index is 502. The third kappa shape index (κ3) is 2.75. The van der Waals surface area contributed by atoms with Crippen LogP contribution in [-0.2, 0) is 0 Å². The second-order valence-electron chi connectivity index (χ2n) is 3.43. The van der Waals surface area contributed by atoms with Crippen molar-refractivity contribution in [2.24, 2.45) is 5.10 Å². The van der Waals surface area contributed by atoms with Crippen LogP contribution in [0.1, 0.15) is 5.56 Å². The molecule has 0 saturated carbocycles. The first kappa shape index (κ1) is 11.4. The lowest BCUT2D eigenvalue weighted by molar-refractivity contribution is 0.398. The van der Waals surface area contributed by atoms with E-state index in [1.54, 1.807) is 18.2 Å². The van der Waals surface area contributed by atoms with Crippen molar-refractivity contribution in [3.63, 3.8) is 0 Å². The van der Waals surface area contributed by atoms with Crippen LogP contribution in [-0.4, -0.2) is 11.9 Å². The predicted molar refractivity (Wildman–Crippen MR) is 61.7 cm³/mol. The lowest BCUT2D eigenvalue weighted by Gasteiger charge is -2.03. The Labute approximate surface area is 96.1 Å². The molecular formula is C12H9F3N2. The molecule has 17 heavy (non-hydrogen) atoms. The van der Waals surface area contributed by atoms with Gasteiger partial charge in [0.15, 0.2) is 6.17 Å². The summed E-state index contributed by atoms with van der Waals surface area (Å²) in [6, 6.07) is 7.21. The normalized spacial score (nSPS) is 15.1. The molecule has 2 nitrogen and oxygen atoms in total. The SMILES string of the molecule is FC(F)=CC(F)C1=NNc2ccccc2C=C1. The maximum atomic E-state index is 13.4. The van der Waals surface area contributed by atoms with Gasteiger partial charge in [0.05, 0.1) is 11.4 Å². The molecule has 1 unspecified atom stereocenters. The number of hydrogen-bond donors (Lipinski definition) is 1. The Kier molecular flexibility index (Phi) is 3.27. The average Bonchev–Trinajstić information content (AvgIpc) is 2.50. The molecule has 0 radical (unpaired) electrons. The molecule has 88 valence electrons. The number of alkyl halides is 1. The number of hydrogen-bond acceptors (Lipinski definition) is 2. The largest absolute Gasteiger partial charge is 0.278 e. The van der Waals surface area contributed by atoms with Crippen LogP contribution >= 0.6 is 0 Å². The number of allylic oxidation sites excluding steroid dienone is 2. The first-order valence-electron chi connectivity index (χ1n) is 4.94. The van der Waals surface area contributed by atoms with Crippen LogP contribution in [0.3, 0.4) is 0 Å².